The minimum atomic E-state index is 0.202. The molecule has 1 atom stereocenters. The van der Waals surface area contributed by atoms with E-state index >= 15 is 0 Å². The second-order valence-corrected chi connectivity index (χ2v) is 6.66. The predicted octanol–water partition coefficient (Wildman–Crippen LogP) is 3.04. The van der Waals surface area contributed by atoms with Crippen molar-refractivity contribution in [3.63, 3.8) is 0 Å². The molecule has 1 saturated heterocycles. The van der Waals surface area contributed by atoms with Gasteiger partial charge < -0.3 is 15.1 Å². The Balaban J connectivity index is 1.66. The number of hydrogen-bond acceptors (Lipinski definition) is 4. The first-order valence-corrected chi connectivity index (χ1v) is 9.59. The summed E-state index contributed by atoms with van der Waals surface area (Å²) in [4.78, 5) is 7.14. The Hall–Kier alpha value is -2.78. The minimum absolute atomic E-state index is 0.202. The molecule has 6 nitrogen and oxygen atoms in total. The zero-order valence-corrected chi connectivity index (χ0v) is 15.8. The van der Waals surface area contributed by atoms with Gasteiger partial charge in [0.25, 0.3) is 0 Å². The van der Waals surface area contributed by atoms with Crippen molar-refractivity contribution in [1.29, 1.82) is 5.26 Å². The van der Waals surface area contributed by atoms with Crippen molar-refractivity contribution < 1.29 is 4.42 Å². The van der Waals surface area contributed by atoms with Crippen LogP contribution >= 0.6 is 0 Å². The quantitative estimate of drug-likeness (QED) is 0.583. The predicted molar refractivity (Wildman–Crippen MR) is 106 cm³/mol. The number of rotatable bonds is 7. The van der Waals surface area contributed by atoms with E-state index in [1.54, 1.807) is 12.3 Å². The lowest BCUT2D eigenvalue weighted by molar-refractivity contribution is 0.215. The maximum Gasteiger partial charge on any atom is 0.191 e. The standard InChI is InChI=1S/C21H27N5O/c1-2-23-21(24-15-18-8-5-7-17(13-18)14-22)25-16-19(20-9-6-12-27-20)26-10-3-4-11-26/h5-9,12-13,19H,2-4,10-11,15-16H2,1H3,(H2,23,24,25). The van der Waals surface area contributed by atoms with Gasteiger partial charge in [0.1, 0.15) is 5.76 Å². The largest absolute Gasteiger partial charge is 0.468 e. The van der Waals surface area contributed by atoms with Crippen molar-refractivity contribution in [2.75, 3.05) is 26.2 Å². The highest BCUT2D eigenvalue weighted by atomic mass is 16.3. The average Bonchev–Trinajstić information content (AvgIpc) is 3.41. The summed E-state index contributed by atoms with van der Waals surface area (Å²) in [6.45, 7) is 6.30. The van der Waals surface area contributed by atoms with Gasteiger partial charge in [-0.2, -0.15) is 5.26 Å². The Labute approximate surface area is 160 Å². The first kappa shape index (κ1) is 19.0. The first-order chi connectivity index (χ1) is 13.3. The molecule has 27 heavy (non-hydrogen) atoms. The molecule has 0 aliphatic carbocycles. The summed E-state index contributed by atoms with van der Waals surface area (Å²) < 4.78 is 5.68. The van der Waals surface area contributed by atoms with Gasteiger partial charge in [-0.05, 0) is 62.7 Å². The van der Waals surface area contributed by atoms with Crippen LogP contribution in [0.4, 0.5) is 0 Å². The number of benzene rings is 1. The molecule has 0 saturated carbocycles. The fourth-order valence-corrected chi connectivity index (χ4v) is 3.39. The van der Waals surface area contributed by atoms with Crippen molar-refractivity contribution >= 4 is 5.96 Å². The van der Waals surface area contributed by atoms with E-state index in [0.29, 0.717) is 12.1 Å². The molecule has 142 valence electrons. The second-order valence-electron chi connectivity index (χ2n) is 6.66. The smallest absolute Gasteiger partial charge is 0.191 e. The van der Waals surface area contributed by atoms with Crippen LogP contribution in [-0.4, -0.2) is 37.0 Å². The van der Waals surface area contributed by atoms with Crippen molar-refractivity contribution in [3.05, 3.63) is 59.5 Å². The van der Waals surface area contributed by atoms with E-state index in [9.17, 15) is 0 Å². The van der Waals surface area contributed by atoms with Crippen LogP contribution < -0.4 is 10.6 Å². The Morgan fingerprint density at radius 3 is 2.81 bits per heavy atom. The van der Waals surface area contributed by atoms with E-state index in [1.807, 2.05) is 30.3 Å². The summed E-state index contributed by atoms with van der Waals surface area (Å²) in [5.41, 5.74) is 1.68. The maximum absolute atomic E-state index is 9.04. The zero-order valence-electron chi connectivity index (χ0n) is 15.8. The molecule has 1 aromatic carbocycles. The van der Waals surface area contributed by atoms with Crippen molar-refractivity contribution in [3.8, 4) is 6.07 Å². The van der Waals surface area contributed by atoms with Gasteiger partial charge in [0.15, 0.2) is 5.96 Å². The molecule has 0 radical (unpaired) electrons. The van der Waals surface area contributed by atoms with Gasteiger partial charge in [-0.1, -0.05) is 12.1 Å². The minimum Gasteiger partial charge on any atom is -0.468 e. The van der Waals surface area contributed by atoms with E-state index in [2.05, 4.69) is 33.5 Å². The van der Waals surface area contributed by atoms with E-state index in [1.165, 1.54) is 12.8 Å². The third kappa shape index (κ3) is 5.35. The zero-order chi connectivity index (χ0) is 18.9. The molecule has 1 aliphatic heterocycles. The summed E-state index contributed by atoms with van der Waals surface area (Å²) in [7, 11) is 0. The molecule has 0 bridgehead atoms. The van der Waals surface area contributed by atoms with Crippen LogP contribution in [0.1, 0.15) is 42.7 Å². The summed E-state index contributed by atoms with van der Waals surface area (Å²) in [5.74, 6) is 1.76. The van der Waals surface area contributed by atoms with Gasteiger partial charge in [-0.3, -0.25) is 4.90 Å². The fourth-order valence-electron chi connectivity index (χ4n) is 3.39. The van der Waals surface area contributed by atoms with Crippen molar-refractivity contribution in [1.82, 2.24) is 15.5 Å². The van der Waals surface area contributed by atoms with Gasteiger partial charge in [0.05, 0.1) is 30.5 Å². The van der Waals surface area contributed by atoms with Gasteiger partial charge in [0, 0.05) is 13.1 Å². The van der Waals surface area contributed by atoms with E-state index < -0.39 is 0 Å². The van der Waals surface area contributed by atoms with Crippen LogP contribution in [0.3, 0.4) is 0 Å². The Morgan fingerprint density at radius 2 is 2.11 bits per heavy atom. The lowest BCUT2D eigenvalue weighted by Crippen LogP contribution is -2.42. The molecule has 0 spiro atoms. The number of likely N-dealkylation sites (tertiary alicyclic amines) is 1. The summed E-state index contributed by atoms with van der Waals surface area (Å²) in [5, 5.41) is 15.8. The number of furan rings is 1. The van der Waals surface area contributed by atoms with Gasteiger partial charge in [-0.15, -0.1) is 0 Å². The van der Waals surface area contributed by atoms with Crippen LogP contribution in [0.5, 0.6) is 0 Å². The van der Waals surface area contributed by atoms with E-state index in [-0.39, 0.29) is 6.04 Å². The normalized spacial score (nSPS) is 16.1. The van der Waals surface area contributed by atoms with Gasteiger partial charge in [-0.25, -0.2) is 4.99 Å². The highest BCUT2D eigenvalue weighted by Gasteiger charge is 2.25. The molecular weight excluding hydrogens is 338 g/mol. The monoisotopic (exact) mass is 365 g/mol. The van der Waals surface area contributed by atoms with E-state index in [0.717, 1.165) is 43.5 Å². The number of nitriles is 1. The van der Waals surface area contributed by atoms with Gasteiger partial charge in [0.2, 0.25) is 0 Å². The number of hydrogen-bond donors (Lipinski definition) is 2. The average molecular weight is 365 g/mol. The summed E-state index contributed by atoms with van der Waals surface area (Å²) >= 11 is 0. The van der Waals surface area contributed by atoms with Gasteiger partial charge >= 0.3 is 0 Å². The van der Waals surface area contributed by atoms with Crippen LogP contribution in [0, 0.1) is 11.3 Å². The van der Waals surface area contributed by atoms with Crippen LogP contribution in [-0.2, 0) is 6.54 Å². The van der Waals surface area contributed by atoms with Crippen LogP contribution in [0.2, 0.25) is 0 Å². The van der Waals surface area contributed by atoms with Crippen LogP contribution in [0.15, 0.2) is 52.1 Å². The molecule has 2 heterocycles. The topological polar surface area (TPSA) is 76.6 Å². The van der Waals surface area contributed by atoms with Crippen LogP contribution in [0.25, 0.3) is 0 Å². The lowest BCUT2D eigenvalue weighted by atomic mass is 10.1. The third-order valence-electron chi connectivity index (χ3n) is 4.74. The first-order valence-electron chi connectivity index (χ1n) is 9.59. The lowest BCUT2D eigenvalue weighted by Gasteiger charge is -2.26. The number of aliphatic imine (C=N–C) groups is 1. The summed E-state index contributed by atoms with van der Waals surface area (Å²) in [6, 6.07) is 13.9. The highest BCUT2D eigenvalue weighted by molar-refractivity contribution is 5.79. The van der Waals surface area contributed by atoms with E-state index in [4.69, 9.17) is 9.68 Å². The molecule has 2 aromatic rings. The molecule has 3 rings (SSSR count). The Bertz CT molecular complexity index is 772. The van der Waals surface area contributed by atoms with Crippen molar-refractivity contribution in [2.24, 2.45) is 4.99 Å². The van der Waals surface area contributed by atoms with Crippen molar-refractivity contribution in [2.45, 2.75) is 32.4 Å². The summed E-state index contributed by atoms with van der Waals surface area (Å²) in [6.07, 6.45) is 4.21. The maximum atomic E-state index is 9.04. The number of nitrogens with zero attached hydrogens (tertiary/aromatic N) is 3. The second kappa shape index (κ2) is 9.79. The molecule has 1 aromatic heterocycles. The Morgan fingerprint density at radius 1 is 1.26 bits per heavy atom. The highest BCUT2D eigenvalue weighted by Crippen LogP contribution is 2.24. The fraction of sp³-hybridized carbons (Fsp3) is 0.429. The molecule has 1 fully saturated rings. The Kier molecular flexibility index (Phi) is 6.89. The molecule has 6 heteroatoms. The molecule has 2 N–H and O–H groups in total. The molecule has 0 amide bonds. The third-order valence-corrected chi connectivity index (χ3v) is 4.74. The molecule has 1 unspecified atom stereocenters. The number of nitrogens with one attached hydrogen (secondary N) is 2. The molecular formula is C21H27N5O. The SMILES string of the molecule is CCNC(=NCc1cccc(C#N)c1)NCC(c1ccco1)N1CCCC1. The molecule has 1 aliphatic rings. The number of guanidine groups is 1.